The monoisotopic (exact) mass is 312 g/mol. The Balaban J connectivity index is 1.42. The lowest BCUT2D eigenvalue weighted by Gasteiger charge is -2.40. The molecule has 122 valence electrons. The van der Waals surface area contributed by atoms with E-state index < -0.39 is 0 Å². The zero-order chi connectivity index (χ0) is 15.6. The number of aromatic nitrogens is 2. The van der Waals surface area contributed by atoms with Gasteiger partial charge in [-0.1, -0.05) is 19.3 Å². The molecule has 3 heterocycles. The molecule has 2 fully saturated rings. The van der Waals surface area contributed by atoms with Crippen molar-refractivity contribution in [1.82, 2.24) is 19.8 Å². The van der Waals surface area contributed by atoms with E-state index in [-0.39, 0.29) is 5.91 Å². The number of nitrogens with one attached hydrogen (secondary N) is 1. The summed E-state index contributed by atoms with van der Waals surface area (Å²) in [5.74, 6) is 0.132. The third kappa shape index (κ3) is 2.85. The van der Waals surface area contributed by atoms with Crippen molar-refractivity contribution in [2.24, 2.45) is 0 Å². The van der Waals surface area contributed by atoms with Crippen molar-refractivity contribution in [3.05, 3.63) is 30.1 Å². The van der Waals surface area contributed by atoms with Crippen LogP contribution >= 0.6 is 0 Å². The summed E-state index contributed by atoms with van der Waals surface area (Å²) in [6.07, 6.45) is 10.3. The summed E-state index contributed by atoms with van der Waals surface area (Å²) in [5.41, 5.74) is 1.54. The topological polar surface area (TPSA) is 52.2 Å². The lowest BCUT2D eigenvalue weighted by atomic mass is 9.94. The molecule has 0 atom stereocenters. The predicted octanol–water partition coefficient (Wildman–Crippen LogP) is 2.65. The summed E-state index contributed by atoms with van der Waals surface area (Å²) < 4.78 is 0. The Morgan fingerprint density at radius 1 is 1.13 bits per heavy atom. The summed E-state index contributed by atoms with van der Waals surface area (Å²) in [6.45, 7) is 3.69. The molecule has 2 aromatic heterocycles. The second-order valence-corrected chi connectivity index (χ2v) is 6.72. The standard InChI is InChI=1S/C18H24N4O/c23-18(16-13-20-17-15(16)7-4-8-19-17)22-11-9-21(10-12-22)14-5-2-1-3-6-14/h4,7-8,13-14H,1-3,5-6,9-12H2,(H,19,20). The minimum Gasteiger partial charge on any atom is -0.345 e. The number of nitrogens with zero attached hydrogens (tertiary/aromatic N) is 3. The van der Waals surface area contributed by atoms with Gasteiger partial charge in [-0.05, 0) is 25.0 Å². The van der Waals surface area contributed by atoms with E-state index in [9.17, 15) is 4.79 Å². The summed E-state index contributed by atoms with van der Waals surface area (Å²) in [6, 6.07) is 4.59. The number of piperazine rings is 1. The van der Waals surface area contributed by atoms with E-state index >= 15 is 0 Å². The molecule has 1 aliphatic carbocycles. The number of carbonyl (C=O) groups excluding carboxylic acids is 1. The summed E-state index contributed by atoms with van der Waals surface area (Å²) in [7, 11) is 0. The van der Waals surface area contributed by atoms with Gasteiger partial charge in [0.15, 0.2) is 0 Å². The summed E-state index contributed by atoms with van der Waals surface area (Å²) in [4.78, 5) is 24.8. The highest BCUT2D eigenvalue weighted by Crippen LogP contribution is 2.24. The Labute approximate surface area is 136 Å². The average Bonchev–Trinajstić information content (AvgIpc) is 3.06. The van der Waals surface area contributed by atoms with E-state index in [2.05, 4.69) is 14.9 Å². The van der Waals surface area contributed by atoms with Gasteiger partial charge >= 0.3 is 0 Å². The fourth-order valence-electron chi connectivity index (χ4n) is 4.04. The first-order valence-electron chi connectivity index (χ1n) is 8.78. The molecule has 0 unspecified atom stereocenters. The van der Waals surface area contributed by atoms with Gasteiger partial charge in [0.2, 0.25) is 0 Å². The van der Waals surface area contributed by atoms with Crippen LogP contribution in [0.4, 0.5) is 0 Å². The molecule has 0 spiro atoms. The third-order valence-corrected chi connectivity index (χ3v) is 5.37. The van der Waals surface area contributed by atoms with Gasteiger partial charge in [-0.15, -0.1) is 0 Å². The van der Waals surface area contributed by atoms with Gasteiger partial charge in [0.05, 0.1) is 5.56 Å². The van der Waals surface area contributed by atoms with E-state index in [0.717, 1.165) is 48.8 Å². The van der Waals surface area contributed by atoms with Crippen molar-refractivity contribution in [2.45, 2.75) is 38.1 Å². The van der Waals surface area contributed by atoms with E-state index in [1.807, 2.05) is 17.0 Å². The van der Waals surface area contributed by atoms with Crippen LogP contribution in [0, 0.1) is 0 Å². The minimum absolute atomic E-state index is 0.132. The summed E-state index contributed by atoms with van der Waals surface area (Å²) >= 11 is 0. The molecule has 5 heteroatoms. The SMILES string of the molecule is O=C(c1c[nH]c2ncccc12)N1CCN(C2CCCCC2)CC1. The van der Waals surface area contributed by atoms with Crippen LogP contribution in [0.1, 0.15) is 42.5 Å². The van der Waals surface area contributed by atoms with Crippen molar-refractivity contribution in [3.8, 4) is 0 Å². The largest absolute Gasteiger partial charge is 0.345 e. The fourth-order valence-corrected chi connectivity index (χ4v) is 4.04. The highest BCUT2D eigenvalue weighted by molar-refractivity contribution is 6.05. The third-order valence-electron chi connectivity index (χ3n) is 5.37. The number of hydrogen-bond donors (Lipinski definition) is 1. The molecular weight excluding hydrogens is 288 g/mol. The second-order valence-electron chi connectivity index (χ2n) is 6.72. The number of pyridine rings is 1. The molecule has 1 N–H and O–H groups in total. The first-order chi connectivity index (χ1) is 11.3. The van der Waals surface area contributed by atoms with Gasteiger partial charge in [0.25, 0.3) is 5.91 Å². The van der Waals surface area contributed by atoms with Crippen LogP contribution in [0.15, 0.2) is 24.5 Å². The molecule has 0 bridgehead atoms. The molecule has 1 saturated carbocycles. The predicted molar refractivity (Wildman–Crippen MR) is 90.4 cm³/mol. The number of rotatable bonds is 2. The number of aromatic amines is 1. The lowest BCUT2D eigenvalue weighted by Crippen LogP contribution is -2.52. The Morgan fingerprint density at radius 2 is 1.91 bits per heavy atom. The Morgan fingerprint density at radius 3 is 2.70 bits per heavy atom. The van der Waals surface area contributed by atoms with Gasteiger partial charge in [0.1, 0.15) is 5.65 Å². The molecule has 2 aromatic rings. The smallest absolute Gasteiger partial charge is 0.256 e. The average molecular weight is 312 g/mol. The van der Waals surface area contributed by atoms with Crippen LogP contribution < -0.4 is 0 Å². The van der Waals surface area contributed by atoms with Gasteiger partial charge in [0, 0.05) is 50.0 Å². The fraction of sp³-hybridized carbons (Fsp3) is 0.556. The van der Waals surface area contributed by atoms with E-state index in [1.54, 1.807) is 12.4 Å². The van der Waals surface area contributed by atoms with Gasteiger partial charge in [-0.2, -0.15) is 0 Å². The highest BCUT2D eigenvalue weighted by Gasteiger charge is 2.28. The maximum atomic E-state index is 12.8. The van der Waals surface area contributed by atoms with Crippen molar-refractivity contribution >= 4 is 16.9 Å². The molecule has 0 radical (unpaired) electrons. The van der Waals surface area contributed by atoms with E-state index in [0.29, 0.717) is 0 Å². The molecule has 0 aromatic carbocycles. The molecule has 1 aliphatic heterocycles. The van der Waals surface area contributed by atoms with Crippen LogP contribution in [0.2, 0.25) is 0 Å². The number of fused-ring (bicyclic) bond motifs is 1. The summed E-state index contributed by atoms with van der Waals surface area (Å²) in [5, 5.41) is 0.923. The van der Waals surface area contributed by atoms with E-state index in [1.165, 1.54) is 32.1 Å². The maximum absolute atomic E-state index is 12.8. The van der Waals surface area contributed by atoms with E-state index in [4.69, 9.17) is 0 Å². The normalized spacial score (nSPS) is 21.0. The Bertz CT molecular complexity index is 681. The lowest BCUT2D eigenvalue weighted by molar-refractivity contribution is 0.0525. The van der Waals surface area contributed by atoms with Crippen molar-refractivity contribution < 1.29 is 4.79 Å². The highest BCUT2D eigenvalue weighted by atomic mass is 16.2. The molecule has 4 rings (SSSR count). The second kappa shape index (κ2) is 6.32. The van der Waals surface area contributed by atoms with Gasteiger partial charge < -0.3 is 9.88 Å². The number of amides is 1. The molecule has 1 saturated heterocycles. The quantitative estimate of drug-likeness (QED) is 0.927. The van der Waals surface area contributed by atoms with Crippen LogP contribution in [0.25, 0.3) is 11.0 Å². The number of hydrogen-bond acceptors (Lipinski definition) is 3. The first-order valence-corrected chi connectivity index (χ1v) is 8.78. The Hall–Kier alpha value is -1.88. The van der Waals surface area contributed by atoms with Crippen molar-refractivity contribution in [3.63, 3.8) is 0 Å². The maximum Gasteiger partial charge on any atom is 0.256 e. The number of H-pyrrole nitrogens is 1. The zero-order valence-electron chi connectivity index (χ0n) is 13.5. The van der Waals surface area contributed by atoms with Crippen molar-refractivity contribution in [2.75, 3.05) is 26.2 Å². The van der Waals surface area contributed by atoms with Gasteiger partial charge in [-0.3, -0.25) is 9.69 Å². The van der Waals surface area contributed by atoms with Crippen LogP contribution in [0.5, 0.6) is 0 Å². The van der Waals surface area contributed by atoms with Gasteiger partial charge in [-0.25, -0.2) is 4.98 Å². The van der Waals surface area contributed by atoms with Crippen molar-refractivity contribution in [1.29, 1.82) is 0 Å². The number of carbonyl (C=O) groups is 1. The molecule has 2 aliphatic rings. The molecule has 5 nitrogen and oxygen atoms in total. The zero-order valence-corrected chi connectivity index (χ0v) is 13.5. The molecule has 23 heavy (non-hydrogen) atoms. The molecule has 1 amide bonds. The van der Waals surface area contributed by atoms with Crippen LogP contribution in [-0.4, -0.2) is 57.9 Å². The van der Waals surface area contributed by atoms with Crippen LogP contribution in [-0.2, 0) is 0 Å². The molecular formula is C18H24N4O. The minimum atomic E-state index is 0.132. The Kier molecular flexibility index (Phi) is 4.04. The first kappa shape index (κ1) is 14.7. The van der Waals surface area contributed by atoms with Crippen LogP contribution in [0.3, 0.4) is 0 Å².